The van der Waals surface area contributed by atoms with Gasteiger partial charge < -0.3 is 15.0 Å². The first-order chi connectivity index (χ1) is 15.7. The second-order valence-electron chi connectivity index (χ2n) is 7.00. The maximum absolute atomic E-state index is 11.5. The number of azo groups is 1. The number of anilines is 3. The van der Waals surface area contributed by atoms with Gasteiger partial charge in [-0.25, -0.2) is 4.98 Å². The Labute approximate surface area is 193 Å². The second-order valence-corrected chi connectivity index (χ2v) is 8.43. The summed E-state index contributed by atoms with van der Waals surface area (Å²) >= 11 is 0. The van der Waals surface area contributed by atoms with Gasteiger partial charge in [-0.1, -0.05) is 6.07 Å². The summed E-state index contributed by atoms with van der Waals surface area (Å²) in [4.78, 5) is 11.0. The summed E-state index contributed by atoms with van der Waals surface area (Å²) in [5.41, 5.74) is 2.02. The Kier molecular flexibility index (Phi) is 7.56. The van der Waals surface area contributed by atoms with Gasteiger partial charge in [0.1, 0.15) is 11.4 Å². The Bertz CT molecular complexity index is 1240. The van der Waals surface area contributed by atoms with E-state index in [-0.39, 0.29) is 4.90 Å². The van der Waals surface area contributed by atoms with E-state index >= 15 is 0 Å². The number of hydrogen-bond acceptors (Lipinski definition) is 9. The lowest BCUT2D eigenvalue weighted by Crippen LogP contribution is -2.24. The zero-order valence-corrected chi connectivity index (χ0v) is 19.7. The molecular weight excluding hydrogens is 444 g/mol. The molecule has 1 aromatic heterocycles. The van der Waals surface area contributed by atoms with Crippen LogP contribution in [-0.4, -0.2) is 43.1 Å². The van der Waals surface area contributed by atoms with Crippen molar-refractivity contribution in [1.82, 2.24) is 9.97 Å². The first-order valence-electron chi connectivity index (χ1n) is 10.3. The molecule has 11 heteroatoms. The molecule has 0 bridgehead atoms. The zero-order valence-electron chi connectivity index (χ0n) is 18.8. The summed E-state index contributed by atoms with van der Waals surface area (Å²) in [5, 5.41) is 11.7. The Morgan fingerprint density at radius 3 is 2.36 bits per heavy atom. The number of rotatable bonds is 9. The maximum Gasteiger partial charge on any atom is 0.294 e. The molecule has 0 radical (unpaired) electrons. The van der Waals surface area contributed by atoms with Gasteiger partial charge in [-0.3, -0.25) is 4.55 Å². The van der Waals surface area contributed by atoms with E-state index in [9.17, 15) is 13.0 Å². The molecule has 0 aliphatic rings. The van der Waals surface area contributed by atoms with Crippen LogP contribution in [0.1, 0.15) is 19.5 Å². The third kappa shape index (κ3) is 6.02. The molecule has 0 atom stereocenters. The molecular formula is C22H26N6O4S. The smallest absolute Gasteiger partial charge is 0.294 e. The Balaban J connectivity index is 2.05. The van der Waals surface area contributed by atoms with Crippen LogP contribution in [0.3, 0.4) is 0 Å². The van der Waals surface area contributed by atoms with Crippen molar-refractivity contribution in [3.05, 3.63) is 54.2 Å². The molecule has 10 nitrogen and oxygen atoms in total. The molecule has 0 saturated carbocycles. The van der Waals surface area contributed by atoms with Gasteiger partial charge in [-0.2, -0.15) is 18.5 Å². The normalized spacial score (nSPS) is 11.5. The Morgan fingerprint density at radius 2 is 1.76 bits per heavy atom. The summed E-state index contributed by atoms with van der Waals surface area (Å²) in [6, 6.07) is 12.9. The minimum absolute atomic E-state index is 0.233. The number of nitrogens with zero attached hydrogens (tertiary/aromatic N) is 5. The monoisotopic (exact) mass is 470 g/mol. The van der Waals surface area contributed by atoms with E-state index in [4.69, 9.17) is 4.74 Å². The van der Waals surface area contributed by atoms with Crippen LogP contribution in [0.4, 0.5) is 28.8 Å². The molecule has 0 spiro atoms. The molecule has 0 aliphatic heterocycles. The lowest BCUT2D eigenvalue weighted by Gasteiger charge is -2.20. The summed E-state index contributed by atoms with van der Waals surface area (Å²) in [6.07, 6.45) is 0. The van der Waals surface area contributed by atoms with Gasteiger partial charge in [0.15, 0.2) is 5.82 Å². The molecule has 33 heavy (non-hydrogen) atoms. The summed E-state index contributed by atoms with van der Waals surface area (Å²) in [6.45, 7) is 7.22. The third-order valence-corrected chi connectivity index (χ3v) is 5.67. The number of aromatic nitrogens is 2. The largest absolute Gasteiger partial charge is 0.497 e. The van der Waals surface area contributed by atoms with Gasteiger partial charge in [-0.05, 0) is 63.2 Å². The minimum atomic E-state index is -4.35. The fourth-order valence-electron chi connectivity index (χ4n) is 3.03. The van der Waals surface area contributed by atoms with Gasteiger partial charge in [0, 0.05) is 18.8 Å². The van der Waals surface area contributed by atoms with E-state index in [0.717, 1.165) is 0 Å². The number of ether oxygens (including phenoxy) is 1. The van der Waals surface area contributed by atoms with Gasteiger partial charge in [-0.15, -0.1) is 5.11 Å². The molecule has 0 amide bonds. The van der Waals surface area contributed by atoms with Crippen molar-refractivity contribution in [2.45, 2.75) is 25.7 Å². The van der Waals surface area contributed by atoms with Gasteiger partial charge >= 0.3 is 0 Å². The fraction of sp³-hybridized carbons (Fsp3) is 0.273. The molecule has 1 heterocycles. The van der Waals surface area contributed by atoms with E-state index in [1.54, 1.807) is 44.4 Å². The highest BCUT2D eigenvalue weighted by molar-refractivity contribution is 7.85. The van der Waals surface area contributed by atoms with Gasteiger partial charge in [0.25, 0.3) is 10.1 Å². The fourth-order valence-corrected chi connectivity index (χ4v) is 3.56. The number of nitrogens with one attached hydrogen (secondary N) is 1. The highest BCUT2D eigenvalue weighted by Crippen LogP contribution is 2.33. The SMILES string of the molecule is CCN(CC)c1nc(C)c(N=Nc2ccc(OC)cc2)c(Nc2cccc(S(=O)(=O)O)c2)n1. The Hall–Kier alpha value is -3.57. The Morgan fingerprint density at radius 1 is 1.06 bits per heavy atom. The second kappa shape index (κ2) is 10.4. The van der Waals surface area contributed by atoms with Crippen molar-refractivity contribution >= 4 is 38.9 Å². The summed E-state index contributed by atoms with van der Waals surface area (Å²) < 4.78 is 37.6. The molecule has 3 aromatic rings. The van der Waals surface area contributed by atoms with E-state index in [2.05, 4.69) is 25.5 Å². The molecule has 2 N–H and O–H groups in total. The van der Waals surface area contributed by atoms with Crippen molar-refractivity contribution in [2.24, 2.45) is 10.2 Å². The van der Waals surface area contributed by atoms with E-state index in [1.807, 2.05) is 18.7 Å². The molecule has 0 saturated heterocycles. The first-order valence-corrected chi connectivity index (χ1v) is 11.7. The minimum Gasteiger partial charge on any atom is -0.497 e. The quantitative estimate of drug-likeness (QED) is 0.328. The number of hydrogen-bond donors (Lipinski definition) is 2. The average Bonchev–Trinajstić information content (AvgIpc) is 2.79. The van der Waals surface area contributed by atoms with E-state index in [0.29, 0.717) is 53.4 Å². The molecule has 2 aromatic carbocycles. The number of methoxy groups -OCH3 is 1. The van der Waals surface area contributed by atoms with Crippen LogP contribution < -0.4 is 15.0 Å². The van der Waals surface area contributed by atoms with Crippen LogP contribution >= 0.6 is 0 Å². The van der Waals surface area contributed by atoms with Crippen LogP contribution in [0.25, 0.3) is 0 Å². The predicted molar refractivity (Wildman–Crippen MR) is 127 cm³/mol. The highest BCUT2D eigenvalue weighted by Gasteiger charge is 2.16. The van der Waals surface area contributed by atoms with Crippen LogP contribution in [0.5, 0.6) is 5.75 Å². The topological polar surface area (TPSA) is 129 Å². The molecule has 0 unspecified atom stereocenters. The number of benzene rings is 2. The molecule has 3 rings (SSSR count). The predicted octanol–water partition coefficient (Wildman–Crippen LogP) is 5.05. The van der Waals surface area contributed by atoms with Gasteiger partial charge in [0.2, 0.25) is 5.95 Å². The molecule has 0 fully saturated rings. The van der Waals surface area contributed by atoms with Crippen LogP contribution in [0.15, 0.2) is 63.7 Å². The van der Waals surface area contributed by atoms with Gasteiger partial charge in [0.05, 0.1) is 23.4 Å². The summed E-state index contributed by atoms with van der Waals surface area (Å²) in [7, 11) is -2.76. The zero-order chi connectivity index (χ0) is 24.0. The lowest BCUT2D eigenvalue weighted by atomic mass is 10.3. The maximum atomic E-state index is 11.5. The van der Waals surface area contributed by atoms with Crippen molar-refractivity contribution in [3.63, 3.8) is 0 Å². The first kappa shape index (κ1) is 24.1. The van der Waals surface area contributed by atoms with Crippen molar-refractivity contribution in [3.8, 4) is 5.75 Å². The highest BCUT2D eigenvalue weighted by atomic mass is 32.2. The van der Waals surface area contributed by atoms with E-state index < -0.39 is 10.1 Å². The molecule has 174 valence electrons. The van der Waals surface area contributed by atoms with Crippen LogP contribution in [0.2, 0.25) is 0 Å². The molecule has 0 aliphatic carbocycles. The van der Waals surface area contributed by atoms with Crippen molar-refractivity contribution in [1.29, 1.82) is 0 Å². The van der Waals surface area contributed by atoms with Crippen LogP contribution in [0, 0.1) is 6.92 Å². The third-order valence-electron chi connectivity index (χ3n) is 4.83. The van der Waals surface area contributed by atoms with Crippen molar-refractivity contribution < 1.29 is 17.7 Å². The number of aryl methyl sites for hydroxylation is 1. The lowest BCUT2D eigenvalue weighted by molar-refractivity contribution is 0.415. The van der Waals surface area contributed by atoms with E-state index in [1.165, 1.54) is 18.2 Å². The van der Waals surface area contributed by atoms with Crippen LogP contribution in [-0.2, 0) is 10.1 Å². The average molecular weight is 471 g/mol. The standard InChI is InChI=1S/C22H26N6O4S/c1-5-28(6-2)22-23-15(3)20(27-26-16-10-12-18(32-4)13-11-16)21(25-22)24-17-8-7-9-19(14-17)33(29,30)31/h7-14H,5-6H2,1-4H3,(H,23,24,25)(H,29,30,31). The summed E-state index contributed by atoms with van der Waals surface area (Å²) in [5.74, 6) is 1.57. The van der Waals surface area contributed by atoms with Crippen molar-refractivity contribution in [2.75, 3.05) is 30.4 Å².